The fourth-order valence-corrected chi connectivity index (χ4v) is 2.48. The monoisotopic (exact) mass is 327 g/mol. The van der Waals surface area contributed by atoms with Gasteiger partial charge in [-0.15, -0.1) is 0 Å². The van der Waals surface area contributed by atoms with Gasteiger partial charge in [0.2, 0.25) is 0 Å². The van der Waals surface area contributed by atoms with Crippen LogP contribution in [0.15, 0.2) is 35.9 Å². The molecule has 0 bridgehead atoms. The van der Waals surface area contributed by atoms with Crippen molar-refractivity contribution in [1.29, 1.82) is 5.26 Å². The van der Waals surface area contributed by atoms with Gasteiger partial charge in [-0.05, 0) is 50.3 Å². The molecule has 0 unspecified atom stereocenters. The first-order chi connectivity index (χ1) is 11.7. The van der Waals surface area contributed by atoms with E-state index < -0.39 is 11.9 Å². The number of nitriles is 1. The fourth-order valence-electron chi connectivity index (χ4n) is 2.48. The number of rotatable bonds is 6. The Morgan fingerprint density at radius 2 is 2.17 bits per heavy atom. The van der Waals surface area contributed by atoms with Gasteiger partial charge in [-0.3, -0.25) is 10.1 Å². The summed E-state index contributed by atoms with van der Waals surface area (Å²) in [5.74, 6) is -0.124. The van der Waals surface area contributed by atoms with Crippen LogP contribution < -0.4 is 15.4 Å². The van der Waals surface area contributed by atoms with E-state index in [1.165, 1.54) is 24.5 Å². The summed E-state index contributed by atoms with van der Waals surface area (Å²) >= 11 is 0. The molecule has 2 rings (SSSR count). The van der Waals surface area contributed by atoms with Crippen LogP contribution in [0, 0.1) is 11.3 Å². The molecule has 0 aromatic heterocycles. The van der Waals surface area contributed by atoms with Crippen molar-refractivity contribution in [1.82, 2.24) is 10.6 Å². The normalized spacial score (nSPS) is 13.4. The Balaban J connectivity index is 1.65. The van der Waals surface area contributed by atoms with E-state index in [1.807, 2.05) is 6.07 Å². The van der Waals surface area contributed by atoms with Gasteiger partial charge in [0.05, 0.1) is 11.6 Å². The summed E-state index contributed by atoms with van der Waals surface area (Å²) in [4.78, 5) is 23.3. The fraction of sp³-hybridized carbons (Fsp3) is 0.389. The number of amides is 3. The molecule has 0 spiro atoms. The second-order valence-corrected chi connectivity index (χ2v) is 5.59. The minimum atomic E-state index is -0.535. The predicted molar refractivity (Wildman–Crippen MR) is 89.4 cm³/mol. The van der Waals surface area contributed by atoms with Crippen molar-refractivity contribution in [2.45, 2.75) is 32.1 Å². The smallest absolute Gasteiger partial charge is 0.321 e. The van der Waals surface area contributed by atoms with E-state index in [0.29, 0.717) is 17.9 Å². The molecule has 0 radical (unpaired) electrons. The van der Waals surface area contributed by atoms with Crippen LogP contribution in [-0.2, 0) is 4.79 Å². The lowest BCUT2D eigenvalue weighted by atomic mass is 9.97. The first-order valence-electron chi connectivity index (χ1n) is 8.06. The molecular weight excluding hydrogens is 306 g/mol. The molecule has 0 aliphatic heterocycles. The van der Waals surface area contributed by atoms with Crippen LogP contribution in [-0.4, -0.2) is 25.1 Å². The van der Waals surface area contributed by atoms with Crippen molar-refractivity contribution >= 4 is 11.9 Å². The topological polar surface area (TPSA) is 91.2 Å². The molecule has 3 amide bonds. The van der Waals surface area contributed by atoms with Gasteiger partial charge < -0.3 is 10.1 Å². The molecule has 126 valence electrons. The van der Waals surface area contributed by atoms with Crippen LogP contribution in [0.4, 0.5) is 4.79 Å². The van der Waals surface area contributed by atoms with Crippen LogP contribution in [0.5, 0.6) is 5.75 Å². The van der Waals surface area contributed by atoms with E-state index >= 15 is 0 Å². The third-order valence-electron chi connectivity index (χ3n) is 3.70. The van der Waals surface area contributed by atoms with Crippen molar-refractivity contribution in [2.24, 2.45) is 0 Å². The van der Waals surface area contributed by atoms with Crippen molar-refractivity contribution in [3.05, 3.63) is 41.5 Å². The van der Waals surface area contributed by atoms with E-state index in [-0.39, 0.29) is 6.61 Å². The molecule has 24 heavy (non-hydrogen) atoms. The van der Waals surface area contributed by atoms with Gasteiger partial charge >= 0.3 is 6.03 Å². The lowest BCUT2D eigenvalue weighted by Gasteiger charge is -2.13. The molecule has 1 aliphatic carbocycles. The van der Waals surface area contributed by atoms with Crippen molar-refractivity contribution in [3.63, 3.8) is 0 Å². The van der Waals surface area contributed by atoms with Crippen LogP contribution in [0.2, 0.25) is 0 Å². The summed E-state index contributed by atoms with van der Waals surface area (Å²) in [6, 6.07) is 7.95. The lowest BCUT2D eigenvalue weighted by Crippen LogP contribution is -2.42. The van der Waals surface area contributed by atoms with Crippen molar-refractivity contribution < 1.29 is 14.3 Å². The third-order valence-corrected chi connectivity index (χ3v) is 3.70. The molecule has 1 aromatic carbocycles. The number of urea groups is 1. The van der Waals surface area contributed by atoms with Gasteiger partial charge in [0.1, 0.15) is 5.75 Å². The molecule has 0 saturated heterocycles. The maximum atomic E-state index is 11.7. The second-order valence-electron chi connectivity index (χ2n) is 5.59. The Morgan fingerprint density at radius 1 is 1.29 bits per heavy atom. The van der Waals surface area contributed by atoms with E-state index in [9.17, 15) is 9.59 Å². The van der Waals surface area contributed by atoms with E-state index in [1.54, 1.807) is 18.2 Å². The van der Waals surface area contributed by atoms with Crippen molar-refractivity contribution in [2.75, 3.05) is 13.2 Å². The van der Waals surface area contributed by atoms with Gasteiger partial charge in [-0.1, -0.05) is 17.7 Å². The zero-order chi connectivity index (χ0) is 17.2. The zero-order valence-electron chi connectivity index (χ0n) is 13.5. The average molecular weight is 327 g/mol. The number of hydrogen-bond acceptors (Lipinski definition) is 4. The maximum absolute atomic E-state index is 11.7. The number of carbonyl (C=O) groups is 2. The summed E-state index contributed by atoms with van der Waals surface area (Å²) in [6.07, 6.45) is 7.71. The van der Waals surface area contributed by atoms with Gasteiger partial charge in [-0.25, -0.2) is 4.79 Å². The molecule has 0 saturated carbocycles. The molecule has 0 heterocycles. The highest BCUT2D eigenvalue weighted by Crippen LogP contribution is 2.19. The lowest BCUT2D eigenvalue weighted by molar-refractivity contribution is -0.122. The second kappa shape index (κ2) is 9.36. The SMILES string of the molecule is N#Cc1cccc(OCC(=O)NC(=O)NCCC2=CCCCC2)c1. The summed E-state index contributed by atoms with van der Waals surface area (Å²) in [7, 11) is 0. The van der Waals surface area contributed by atoms with Crippen LogP contribution in [0.1, 0.15) is 37.7 Å². The zero-order valence-corrected chi connectivity index (χ0v) is 13.5. The van der Waals surface area contributed by atoms with Gasteiger partial charge in [0, 0.05) is 6.54 Å². The number of imide groups is 1. The molecule has 0 fully saturated rings. The van der Waals surface area contributed by atoms with Gasteiger partial charge in [-0.2, -0.15) is 5.26 Å². The van der Waals surface area contributed by atoms with Crippen LogP contribution >= 0.6 is 0 Å². The first kappa shape index (κ1) is 17.5. The summed E-state index contributed by atoms with van der Waals surface area (Å²) in [6.45, 7) is 0.226. The molecule has 6 nitrogen and oxygen atoms in total. The van der Waals surface area contributed by atoms with Crippen molar-refractivity contribution in [3.8, 4) is 11.8 Å². The standard InChI is InChI=1S/C18H21N3O3/c19-12-15-7-4-8-16(11-15)24-13-17(22)21-18(23)20-10-9-14-5-2-1-3-6-14/h4-5,7-8,11H,1-3,6,9-10,13H2,(H2,20,21,22,23). The quantitative estimate of drug-likeness (QED) is 0.786. The summed E-state index contributed by atoms with van der Waals surface area (Å²) in [5, 5.41) is 13.7. The number of nitrogens with zero attached hydrogens (tertiary/aromatic N) is 1. The molecule has 1 aromatic rings. The number of ether oxygens (including phenoxy) is 1. The minimum absolute atomic E-state index is 0.284. The van der Waals surface area contributed by atoms with E-state index in [2.05, 4.69) is 16.7 Å². The molecule has 1 aliphatic rings. The minimum Gasteiger partial charge on any atom is -0.484 e. The Kier molecular flexibility index (Phi) is 6.84. The van der Waals surface area contributed by atoms with E-state index in [0.717, 1.165) is 19.3 Å². The average Bonchev–Trinajstić information content (AvgIpc) is 2.61. The maximum Gasteiger partial charge on any atom is 0.321 e. The Morgan fingerprint density at radius 3 is 2.92 bits per heavy atom. The summed E-state index contributed by atoms with van der Waals surface area (Å²) < 4.78 is 5.26. The Hall–Kier alpha value is -2.81. The van der Waals surface area contributed by atoms with Crippen LogP contribution in [0.3, 0.4) is 0 Å². The Labute approximate surface area is 141 Å². The number of allylic oxidation sites excluding steroid dienone is 1. The largest absolute Gasteiger partial charge is 0.484 e. The van der Waals surface area contributed by atoms with E-state index in [4.69, 9.17) is 10.00 Å². The molecule has 6 heteroatoms. The molecular formula is C18H21N3O3. The highest BCUT2D eigenvalue weighted by atomic mass is 16.5. The predicted octanol–water partition coefficient (Wildman–Crippen LogP) is 2.65. The molecule has 2 N–H and O–H groups in total. The first-order valence-corrected chi connectivity index (χ1v) is 8.06. The third kappa shape index (κ3) is 6.13. The highest BCUT2D eigenvalue weighted by molar-refractivity contribution is 5.94. The molecule has 0 atom stereocenters. The number of nitrogens with one attached hydrogen (secondary N) is 2. The summed E-state index contributed by atoms with van der Waals surface area (Å²) in [5.41, 5.74) is 1.82. The number of benzene rings is 1. The highest BCUT2D eigenvalue weighted by Gasteiger charge is 2.09. The van der Waals surface area contributed by atoms with Crippen LogP contribution in [0.25, 0.3) is 0 Å². The number of hydrogen-bond donors (Lipinski definition) is 2. The van der Waals surface area contributed by atoms with Gasteiger partial charge in [0.15, 0.2) is 6.61 Å². The number of carbonyl (C=O) groups excluding carboxylic acids is 2. The van der Waals surface area contributed by atoms with Gasteiger partial charge in [0.25, 0.3) is 5.91 Å². The Bertz CT molecular complexity index is 662.